The van der Waals surface area contributed by atoms with Gasteiger partial charge in [0.1, 0.15) is 0 Å². The number of nitrogens with one attached hydrogen (secondary N) is 1. The normalized spacial score (nSPS) is 11.6. The van der Waals surface area contributed by atoms with Crippen molar-refractivity contribution < 1.29 is 13.2 Å². The van der Waals surface area contributed by atoms with E-state index in [-0.39, 0.29) is 0 Å². The summed E-state index contributed by atoms with van der Waals surface area (Å²) in [5, 5.41) is 6.18. The van der Waals surface area contributed by atoms with Gasteiger partial charge in [-0.25, -0.2) is 9.67 Å². The Kier molecular flexibility index (Phi) is 2.93. The maximum Gasteiger partial charge on any atom is 0.435 e. The average Bonchev–Trinajstić information content (AvgIpc) is 2.78. The maximum atomic E-state index is 12.4. The lowest BCUT2D eigenvalue weighted by Gasteiger charge is -2.06. The van der Waals surface area contributed by atoms with E-state index in [1.54, 1.807) is 14.0 Å². The van der Waals surface area contributed by atoms with Crippen LogP contribution in [0.15, 0.2) is 18.5 Å². The van der Waals surface area contributed by atoms with E-state index in [0.29, 0.717) is 17.3 Å². The zero-order valence-electron chi connectivity index (χ0n) is 9.65. The van der Waals surface area contributed by atoms with Crippen LogP contribution in [0.4, 0.5) is 19.1 Å². The van der Waals surface area contributed by atoms with Crippen molar-refractivity contribution in [2.45, 2.75) is 13.1 Å². The van der Waals surface area contributed by atoms with Gasteiger partial charge in [0.15, 0.2) is 11.5 Å². The molecule has 0 amide bonds. The van der Waals surface area contributed by atoms with Gasteiger partial charge in [-0.2, -0.15) is 23.3 Å². The summed E-state index contributed by atoms with van der Waals surface area (Å²) in [4.78, 5) is 8.02. The molecule has 0 saturated carbocycles. The van der Waals surface area contributed by atoms with Crippen LogP contribution in [0.1, 0.15) is 11.3 Å². The smallest absolute Gasteiger partial charge is 0.357 e. The molecular weight excluding hydrogens is 247 g/mol. The van der Waals surface area contributed by atoms with Gasteiger partial charge in [0.2, 0.25) is 5.95 Å². The van der Waals surface area contributed by atoms with Crippen molar-refractivity contribution in [3.63, 3.8) is 0 Å². The van der Waals surface area contributed by atoms with Crippen molar-refractivity contribution in [1.82, 2.24) is 19.7 Å². The van der Waals surface area contributed by atoms with Gasteiger partial charge in [-0.05, 0) is 13.0 Å². The lowest BCUT2D eigenvalue weighted by atomic mass is 10.3. The number of nitrogens with zero attached hydrogens (tertiary/aromatic N) is 4. The van der Waals surface area contributed by atoms with Gasteiger partial charge in [-0.1, -0.05) is 0 Å². The van der Waals surface area contributed by atoms with Crippen LogP contribution in [0.3, 0.4) is 0 Å². The van der Waals surface area contributed by atoms with E-state index in [2.05, 4.69) is 20.4 Å². The molecule has 18 heavy (non-hydrogen) atoms. The fraction of sp³-hybridized carbons (Fsp3) is 0.300. The average molecular weight is 257 g/mol. The molecule has 8 heteroatoms. The molecule has 2 heterocycles. The molecule has 0 atom stereocenters. The molecule has 5 nitrogen and oxygen atoms in total. The Balaban J connectivity index is 2.45. The zero-order chi connectivity index (χ0) is 13.3. The molecule has 0 unspecified atom stereocenters. The number of anilines is 1. The number of aromatic nitrogens is 4. The monoisotopic (exact) mass is 257 g/mol. The van der Waals surface area contributed by atoms with Crippen molar-refractivity contribution in [3.8, 4) is 5.82 Å². The van der Waals surface area contributed by atoms with Crippen LogP contribution in [-0.4, -0.2) is 26.8 Å². The van der Waals surface area contributed by atoms with Gasteiger partial charge in [0.05, 0.1) is 0 Å². The van der Waals surface area contributed by atoms with Crippen molar-refractivity contribution >= 4 is 5.95 Å². The van der Waals surface area contributed by atoms with Gasteiger partial charge >= 0.3 is 6.18 Å². The molecular formula is C10H10F3N5. The Labute approximate surface area is 101 Å². The first kappa shape index (κ1) is 12.3. The molecule has 0 aromatic carbocycles. The van der Waals surface area contributed by atoms with Crippen LogP contribution < -0.4 is 5.32 Å². The predicted octanol–water partition coefficient (Wildman–Crippen LogP) is 2.03. The summed E-state index contributed by atoms with van der Waals surface area (Å²) in [6.07, 6.45) is -1.72. The minimum atomic E-state index is -4.46. The van der Waals surface area contributed by atoms with Crippen LogP contribution in [-0.2, 0) is 6.18 Å². The maximum absolute atomic E-state index is 12.4. The number of alkyl halides is 3. The van der Waals surface area contributed by atoms with Gasteiger partial charge in [0.25, 0.3) is 0 Å². The summed E-state index contributed by atoms with van der Waals surface area (Å²) in [7, 11) is 1.62. The molecule has 2 aromatic rings. The van der Waals surface area contributed by atoms with E-state index < -0.39 is 11.9 Å². The van der Waals surface area contributed by atoms with Crippen molar-refractivity contribution in [2.75, 3.05) is 12.4 Å². The second-order valence-electron chi connectivity index (χ2n) is 3.59. The second-order valence-corrected chi connectivity index (χ2v) is 3.59. The van der Waals surface area contributed by atoms with Crippen LogP contribution in [0.2, 0.25) is 0 Å². The first-order chi connectivity index (χ1) is 8.41. The molecule has 0 aliphatic heterocycles. The SMILES string of the molecule is CNc1ncc(C)c(-n2ccc(C(F)(F)F)n2)n1. The van der Waals surface area contributed by atoms with E-state index in [1.165, 1.54) is 12.4 Å². The fourth-order valence-corrected chi connectivity index (χ4v) is 1.38. The summed E-state index contributed by atoms with van der Waals surface area (Å²) in [5.74, 6) is 0.629. The minimum absolute atomic E-state index is 0.310. The molecule has 0 bridgehead atoms. The summed E-state index contributed by atoms with van der Waals surface area (Å²) >= 11 is 0. The van der Waals surface area contributed by atoms with Crippen molar-refractivity contribution in [1.29, 1.82) is 0 Å². The summed E-state index contributed by atoms with van der Waals surface area (Å²) in [6.45, 7) is 1.70. The topological polar surface area (TPSA) is 55.6 Å². The Morgan fingerprint density at radius 3 is 2.61 bits per heavy atom. The molecule has 0 spiro atoms. The third kappa shape index (κ3) is 2.27. The third-order valence-electron chi connectivity index (χ3n) is 2.27. The van der Waals surface area contributed by atoms with Crippen molar-refractivity contribution in [2.24, 2.45) is 0 Å². The second kappa shape index (κ2) is 4.28. The Bertz CT molecular complexity index is 561. The van der Waals surface area contributed by atoms with E-state index in [9.17, 15) is 13.2 Å². The Morgan fingerprint density at radius 2 is 2.06 bits per heavy atom. The highest BCUT2D eigenvalue weighted by Crippen LogP contribution is 2.28. The number of hydrogen-bond donors (Lipinski definition) is 1. The van der Waals surface area contributed by atoms with E-state index in [0.717, 1.165) is 10.7 Å². The molecule has 2 rings (SSSR count). The standard InChI is InChI=1S/C10H10F3N5/c1-6-5-15-9(14-2)16-8(6)18-4-3-7(17-18)10(11,12)13/h3-5H,1-2H3,(H,14,15,16). The Morgan fingerprint density at radius 1 is 1.33 bits per heavy atom. The number of halogens is 3. The van der Waals surface area contributed by atoms with Crippen LogP contribution in [0, 0.1) is 6.92 Å². The molecule has 0 saturated heterocycles. The predicted molar refractivity (Wildman–Crippen MR) is 58.4 cm³/mol. The van der Waals surface area contributed by atoms with Gasteiger partial charge < -0.3 is 5.32 Å². The highest BCUT2D eigenvalue weighted by Gasteiger charge is 2.33. The highest BCUT2D eigenvalue weighted by molar-refractivity contribution is 5.37. The minimum Gasteiger partial charge on any atom is -0.357 e. The van der Waals surface area contributed by atoms with E-state index in [4.69, 9.17) is 0 Å². The number of rotatable bonds is 2. The molecule has 0 radical (unpaired) electrons. The zero-order valence-corrected chi connectivity index (χ0v) is 9.65. The molecule has 0 aliphatic rings. The van der Waals surface area contributed by atoms with Gasteiger partial charge in [-0.15, -0.1) is 0 Å². The highest BCUT2D eigenvalue weighted by atomic mass is 19.4. The van der Waals surface area contributed by atoms with Crippen LogP contribution >= 0.6 is 0 Å². The summed E-state index contributed by atoms with van der Waals surface area (Å²) in [6, 6.07) is 0.903. The van der Waals surface area contributed by atoms with Gasteiger partial charge in [-0.3, -0.25) is 0 Å². The number of hydrogen-bond acceptors (Lipinski definition) is 4. The quantitative estimate of drug-likeness (QED) is 0.894. The largest absolute Gasteiger partial charge is 0.435 e. The van der Waals surface area contributed by atoms with Crippen molar-refractivity contribution in [3.05, 3.63) is 29.7 Å². The number of aryl methyl sites for hydroxylation is 1. The summed E-state index contributed by atoms with van der Waals surface area (Å²) in [5.41, 5.74) is -0.322. The molecule has 96 valence electrons. The third-order valence-corrected chi connectivity index (χ3v) is 2.27. The van der Waals surface area contributed by atoms with E-state index in [1.807, 2.05) is 0 Å². The Hall–Kier alpha value is -2.12. The van der Waals surface area contributed by atoms with E-state index >= 15 is 0 Å². The van der Waals surface area contributed by atoms with Crippen LogP contribution in [0.5, 0.6) is 0 Å². The molecule has 0 aliphatic carbocycles. The van der Waals surface area contributed by atoms with Crippen LogP contribution in [0.25, 0.3) is 5.82 Å². The summed E-state index contributed by atoms with van der Waals surface area (Å²) < 4.78 is 38.4. The lowest BCUT2D eigenvalue weighted by molar-refractivity contribution is -0.141. The fourth-order valence-electron chi connectivity index (χ4n) is 1.38. The first-order valence-corrected chi connectivity index (χ1v) is 5.06. The molecule has 1 N–H and O–H groups in total. The van der Waals surface area contributed by atoms with Gasteiger partial charge in [0, 0.05) is 25.0 Å². The lowest BCUT2D eigenvalue weighted by Crippen LogP contribution is -2.09. The molecule has 0 fully saturated rings. The first-order valence-electron chi connectivity index (χ1n) is 5.06. The molecule has 2 aromatic heterocycles.